The van der Waals surface area contributed by atoms with Gasteiger partial charge in [0.15, 0.2) is 0 Å². The molecule has 1 amide bonds. The number of carboxylic acid groups (broad SMARTS) is 3. The van der Waals surface area contributed by atoms with Crippen molar-refractivity contribution in [2.75, 3.05) is 5.32 Å². The second-order valence-electron chi connectivity index (χ2n) is 3.09. The Kier molecular flexibility index (Phi) is 4.80. The van der Waals surface area contributed by atoms with Crippen molar-refractivity contribution < 1.29 is 34.4 Å². The molecule has 0 aliphatic carbocycles. The summed E-state index contributed by atoms with van der Waals surface area (Å²) in [4.78, 5) is 28.7. The molecule has 0 saturated carbocycles. The van der Waals surface area contributed by atoms with Crippen molar-refractivity contribution in [2.45, 2.75) is 0 Å². The molecule has 1 aromatic carbocycles. The molecule has 0 radical (unpaired) electrons. The fourth-order valence-electron chi connectivity index (χ4n) is 1.12. The van der Waals surface area contributed by atoms with Crippen LogP contribution in [0.15, 0.2) is 18.2 Å². The number of benzene rings is 1. The summed E-state index contributed by atoms with van der Waals surface area (Å²) in [6, 6.07) is 4.91. The number of rotatable bonds is 1. The largest absolute Gasteiger partial charge is 0.516 e. The van der Waals surface area contributed by atoms with Crippen LogP contribution in [0.3, 0.4) is 0 Å². The molecular formula is C9H8N4O7. The van der Waals surface area contributed by atoms with Gasteiger partial charge in [-0.2, -0.15) is 15.4 Å². The number of hydrogen-bond acceptors (Lipinski definition) is 6. The van der Waals surface area contributed by atoms with E-state index in [0.29, 0.717) is 16.7 Å². The summed E-state index contributed by atoms with van der Waals surface area (Å²) in [5.74, 6) is 0. The van der Waals surface area contributed by atoms with E-state index >= 15 is 0 Å². The van der Waals surface area contributed by atoms with Gasteiger partial charge in [0.1, 0.15) is 11.0 Å². The molecule has 2 rings (SSSR count). The van der Waals surface area contributed by atoms with Crippen LogP contribution in [-0.4, -0.2) is 49.1 Å². The van der Waals surface area contributed by atoms with E-state index < -0.39 is 18.4 Å². The number of nitrogens with zero attached hydrogens (tertiary/aromatic N) is 2. The number of aromatic amines is 1. The van der Waals surface area contributed by atoms with E-state index in [4.69, 9.17) is 15.3 Å². The zero-order valence-electron chi connectivity index (χ0n) is 9.60. The van der Waals surface area contributed by atoms with E-state index in [-0.39, 0.29) is 0 Å². The quantitative estimate of drug-likeness (QED) is 0.382. The lowest BCUT2D eigenvalue weighted by atomic mass is 10.3. The van der Waals surface area contributed by atoms with E-state index in [9.17, 15) is 14.4 Å². The number of amides is 1. The lowest BCUT2D eigenvalue weighted by Crippen LogP contribution is -2.06. The Hall–Kier alpha value is -3.37. The Morgan fingerprint density at radius 3 is 2.15 bits per heavy atom. The van der Waals surface area contributed by atoms with E-state index in [1.54, 1.807) is 18.2 Å². The Bertz CT molecular complexity index is 626. The number of ether oxygens (including phenoxy) is 1. The maximum absolute atomic E-state index is 10.3. The zero-order chi connectivity index (χ0) is 15.1. The Labute approximate surface area is 109 Å². The van der Waals surface area contributed by atoms with Crippen molar-refractivity contribution >= 4 is 35.1 Å². The smallest absolute Gasteiger partial charge is 0.465 e. The molecule has 5 N–H and O–H groups in total. The number of carbonyl (C=O) groups is 3. The summed E-state index contributed by atoms with van der Waals surface area (Å²) in [5.41, 5.74) is 1.82. The molecule has 0 aliphatic heterocycles. The van der Waals surface area contributed by atoms with Crippen LogP contribution in [0.5, 0.6) is 0 Å². The maximum atomic E-state index is 10.3. The number of nitrogens with one attached hydrogen (secondary N) is 2. The van der Waals surface area contributed by atoms with Gasteiger partial charge in [-0.15, -0.1) is 0 Å². The van der Waals surface area contributed by atoms with Crippen LogP contribution in [0.2, 0.25) is 0 Å². The van der Waals surface area contributed by atoms with Crippen molar-refractivity contribution in [1.29, 1.82) is 0 Å². The van der Waals surface area contributed by atoms with Gasteiger partial charge in [0.2, 0.25) is 0 Å². The summed E-state index contributed by atoms with van der Waals surface area (Å²) in [6.45, 7) is 0. The number of anilines is 1. The minimum atomic E-state index is -1.81. The minimum absolute atomic E-state index is 0.480. The van der Waals surface area contributed by atoms with Crippen LogP contribution in [0, 0.1) is 0 Å². The van der Waals surface area contributed by atoms with Crippen molar-refractivity contribution in [3.05, 3.63) is 18.2 Å². The highest BCUT2D eigenvalue weighted by atomic mass is 16.7. The molecule has 20 heavy (non-hydrogen) atoms. The zero-order valence-corrected chi connectivity index (χ0v) is 9.60. The third kappa shape index (κ3) is 4.87. The molecule has 0 fully saturated rings. The first-order valence-electron chi connectivity index (χ1n) is 4.82. The number of hydrogen-bond donors (Lipinski definition) is 5. The lowest BCUT2D eigenvalue weighted by Gasteiger charge is -1.97. The van der Waals surface area contributed by atoms with E-state index in [1.807, 2.05) is 0 Å². The molecule has 2 aromatic rings. The highest BCUT2D eigenvalue weighted by Gasteiger charge is 2.02. The Morgan fingerprint density at radius 2 is 1.65 bits per heavy atom. The van der Waals surface area contributed by atoms with Crippen molar-refractivity contribution in [2.24, 2.45) is 0 Å². The predicted octanol–water partition coefficient (Wildman–Crippen LogP) is 1.41. The molecule has 11 nitrogen and oxygen atoms in total. The molecular weight excluding hydrogens is 276 g/mol. The molecule has 1 aromatic heterocycles. The van der Waals surface area contributed by atoms with Gasteiger partial charge >= 0.3 is 18.4 Å². The highest BCUT2D eigenvalue weighted by molar-refractivity contribution is 5.87. The van der Waals surface area contributed by atoms with Crippen LogP contribution in [0.4, 0.5) is 20.1 Å². The predicted molar refractivity (Wildman–Crippen MR) is 62.7 cm³/mol. The van der Waals surface area contributed by atoms with Crippen molar-refractivity contribution in [3.8, 4) is 0 Å². The Balaban J connectivity index is 0.000000246. The van der Waals surface area contributed by atoms with Crippen molar-refractivity contribution in [3.63, 3.8) is 0 Å². The minimum Gasteiger partial charge on any atom is -0.465 e. The Morgan fingerprint density at radius 1 is 1.05 bits per heavy atom. The first-order valence-corrected chi connectivity index (χ1v) is 4.82. The fourth-order valence-corrected chi connectivity index (χ4v) is 1.12. The van der Waals surface area contributed by atoms with Gasteiger partial charge in [-0.3, -0.25) is 5.32 Å². The van der Waals surface area contributed by atoms with Gasteiger partial charge in [0.25, 0.3) is 0 Å². The summed E-state index contributed by atoms with van der Waals surface area (Å²) in [6.07, 6.45) is -4.72. The van der Waals surface area contributed by atoms with E-state index in [0.717, 1.165) is 0 Å². The molecule has 1 heterocycles. The van der Waals surface area contributed by atoms with Crippen molar-refractivity contribution in [1.82, 2.24) is 15.4 Å². The van der Waals surface area contributed by atoms with Gasteiger partial charge in [0, 0.05) is 5.69 Å². The van der Waals surface area contributed by atoms with Gasteiger partial charge in [-0.25, -0.2) is 14.4 Å². The standard InChI is InChI=1S/C7H6N4O2.C2H2O5/c12-7(13)8-4-1-2-5-6(3-4)10-11-9-5;3-1(4)7-2(5)6/h1-3,8H,(H,12,13)(H,9,10,11);(H,3,4)(H,5,6). The van der Waals surface area contributed by atoms with Crippen LogP contribution in [0.25, 0.3) is 11.0 Å². The normalized spacial score (nSPS) is 9.20. The number of fused-ring (bicyclic) bond motifs is 1. The SMILES string of the molecule is O=C(O)Nc1ccc2n[nH]nc2c1.O=C(O)OC(=O)O. The van der Waals surface area contributed by atoms with Crippen LogP contribution in [0.1, 0.15) is 0 Å². The van der Waals surface area contributed by atoms with Gasteiger partial charge in [-0.1, -0.05) is 0 Å². The van der Waals surface area contributed by atoms with Gasteiger partial charge in [-0.05, 0) is 18.2 Å². The molecule has 11 heteroatoms. The van der Waals surface area contributed by atoms with Crippen LogP contribution >= 0.6 is 0 Å². The average Bonchev–Trinajstić information content (AvgIpc) is 2.74. The number of H-pyrrole nitrogens is 1. The molecule has 0 atom stereocenters. The van der Waals surface area contributed by atoms with Gasteiger partial charge in [0.05, 0.1) is 0 Å². The molecule has 0 spiro atoms. The summed E-state index contributed by atoms with van der Waals surface area (Å²) in [5, 5.41) is 35.7. The first kappa shape index (κ1) is 14.7. The summed E-state index contributed by atoms with van der Waals surface area (Å²) < 4.78 is 3.08. The molecule has 0 aliphatic rings. The molecule has 106 valence electrons. The lowest BCUT2D eigenvalue weighted by molar-refractivity contribution is 0.0801. The molecule has 0 unspecified atom stereocenters. The molecule has 0 bridgehead atoms. The second kappa shape index (κ2) is 6.53. The third-order valence-electron chi connectivity index (χ3n) is 1.74. The third-order valence-corrected chi connectivity index (χ3v) is 1.74. The maximum Gasteiger partial charge on any atom is 0.516 e. The number of aromatic nitrogens is 3. The highest BCUT2D eigenvalue weighted by Crippen LogP contribution is 2.14. The summed E-state index contributed by atoms with van der Waals surface area (Å²) in [7, 11) is 0. The molecule has 0 saturated heterocycles. The van der Waals surface area contributed by atoms with Gasteiger partial charge < -0.3 is 20.1 Å². The van der Waals surface area contributed by atoms with E-state index in [1.165, 1.54) is 0 Å². The topological polar surface area (TPSA) is 175 Å². The average molecular weight is 284 g/mol. The monoisotopic (exact) mass is 284 g/mol. The van der Waals surface area contributed by atoms with Crippen LogP contribution in [-0.2, 0) is 4.74 Å². The van der Waals surface area contributed by atoms with E-state index in [2.05, 4.69) is 25.5 Å². The second-order valence-corrected chi connectivity index (χ2v) is 3.09. The van der Waals surface area contributed by atoms with Crippen LogP contribution < -0.4 is 5.32 Å². The fraction of sp³-hybridized carbons (Fsp3) is 0. The summed E-state index contributed by atoms with van der Waals surface area (Å²) >= 11 is 0. The first-order chi connectivity index (χ1) is 9.38.